The highest BCUT2D eigenvalue weighted by Crippen LogP contribution is 2.12. The zero-order valence-corrected chi connectivity index (χ0v) is 9.31. The molecule has 88 valence electrons. The van der Waals surface area contributed by atoms with Crippen molar-refractivity contribution in [2.45, 2.75) is 18.6 Å². The summed E-state index contributed by atoms with van der Waals surface area (Å²) in [6, 6.07) is 0. The molecule has 0 unspecified atom stereocenters. The molecule has 0 spiro atoms. The number of carbonyl (C=O) groups is 2. The number of carboxylic acids is 1. The lowest BCUT2D eigenvalue weighted by Gasteiger charge is -2.02. The van der Waals surface area contributed by atoms with Crippen molar-refractivity contribution in [3.05, 3.63) is 0 Å². The van der Waals surface area contributed by atoms with Gasteiger partial charge in [0, 0.05) is 0 Å². The molecule has 0 fully saturated rings. The number of aromatic nitrogens is 4. The minimum absolute atomic E-state index is 0.122. The second-order valence-corrected chi connectivity index (χ2v) is 3.55. The van der Waals surface area contributed by atoms with Gasteiger partial charge in [-0.2, -0.15) is 0 Å². The van der Waals surface area contributed by atoms with Crippen LogP contribution in [0.25, 0.3) is 0 Å². The van der Waals surface area contributed by atoms with E-state index in [1.807, 2.05) is 0 Å². The minimum atomic E-state index is -0.976. The second-order valence-electron chi connectivity index (χ2n) is 2.61. The Bertz CT molecular complexity index is 380. The number of thioether (sulfide) groups is 1. The third kappa shape index (κ3) is 3.85. The van der Waals surface area contributed by atoms with Crippen molar-refractivity contribution < 1.29 is 19.4 Å². The van der Waals surface area contributed by atoms with Crippen LogP contribution in [0.2, 0.25) is 0 Å². The first kappa shape index (κ1) is 12.4. The van der Waals surface area contributed by atoms with Crippen LogP contribution in [0, 0.1) is 0 Å². The van der Waals surface area contributed by atoms with Crippen molar-refractivity contribution in [2.75, 3.05) is 12.4 Å². The second kappa shape index (κ2) is 6.05. The van der Waals surface area contributed by atoms with Crippen molar-refractivity contribution in [3.63, 3.8) is 0 Å². The first-order valence-corrected chi connectivity index (χ1v) is 5.38. The number of esters is 1. The molecule has 0 saturated carbocycles. The number of hydrogen-bond donors (Lipinski definition) is 1. The topological polar surface area (TPSA) is 107 Å². The summed E-state index contributed by atoms with van der Waals surface area (Å²) >= 11 is 0.941. The lowest BCUT2D eigenvalue weighted by atomic mass is 10.6. The van der Waals surface area contributed by atoms with Crippen LogP contribution in [0.4, 0.5) is 0 Å². The lowest BCUT2D eigenvalue weighted by molar-refractivity contribution is -0.144. The van der Waals surface area contributed by atoms with E-state index in [2.05, 4.69) is 15.5 Å². The maximum absolute atomic E-state index is 11.1. The van der Waals surface area contributed by atoms with Gasteiger partial charge in [0.15, 0.2) is 0 Å². The van der Waals surface area contributed by atoms with E-state index >= 15 is 0 Å². The number of aliphatic carboxylic acids is 1. The van der Waals surface area contributed by atoms with Crippen molar-refractivity contribution in [1.29, 1.82) is 0 Å². The molecule has 16 heavy (non-hydrogen) atoms. The molecule has 0 aliphatic carbocycles. The highest BCUT2D eigenvalue weighted by atomic mass is 32.2. The van der Waals surface area contributed by atoms with E-state index in [9.17, 15) is 9.59 Å². The maximum Gasteiger partial charge on any atom is 0.327 e. The fourth-order valence-electron chi connectivity index (χ4n) is 0.854. The highest BCUT2D eigenvalue weighted by Gasteiger charge is 2.12. The number of carboxylic acid groups (broad SMARTS) is 1. The molecule has 0 aromatic carbocycles. The summed E-state index contributed by atoms with van der Waals surface area (Å²) in [7, 11) is 0. The van der Waals surface area contributed by atoms with Crippen LogP contribution < -0.4 is 0 Å². The number of nitrogens with zero attached hydrogens (tertiary/aromatic N) is 4. The number of hydrogen-bond acceptors (Lipinski definition) is 7. The Morgan fingerprint density at radius 3 is 2.94 bits per heavy atom. The fourth-order valence-corrected chi connectivity index (χ4v) is 1.45. The summed E-state index contributed by atoms with van der Waals surface area (Å²) < 4.78 is 5.91. The van der Waals surface area contributed by atoms with E-state index in [0.29, 0.717) is 0 Å². The summed E-state index contributed by atoms with van der Waals surface area (Å²) in [6.45, 7) is 1.85. The Morgan fingerprint density at radius 2 is 2.31 bits per heavy atom. The Hall–Kier alpha value is -1.64. The normalized spacial score (nSPS) is 10.1. The molecule has 1 aromatic rings. The first-order valence-electron chi connectivity index (χ1n) is 4.40. The lowest BCUT2D eigenvalue weighted by Crippen LogP contribution is -2.15. The van der Waals surface area contributed by atoms with Gasteiger partial charge in [-0.1, -0.05) is 11.8 Å². The molecule has 0 aliphatic heterocycles. The Labute approximate surface area is 95.0 Å². The van der Waals surface area contributed by atoms with E-state index < -0.39 is 11.9 Å². The molecule has 0 bridgehead atoms. The van der Waals surface area contributed by atoms with E-state index in [4.69, 9.17) is 9.84 Å². The molecule has 1 aromatic heterocycles. The quantitative estimate of drug-likeness (QED) is 0.524. The molecule has 0 radical (unpaired) electrons. The van der Waals surface area contributed by atoms with E-state index in [1.54, 1.807) is 6.92 Å². The molecule has 8 nitrogen and oxygen atoms in total. The van der Waals surface area contributed by atoms with Crippen LogP contribution in [0.1, 0.15) is 6.92 Å². The Kier molecular flexibility index (Phi) is 4.70. The molecule has 9 heteroatoms. The maximum atomic E-state index is 11.1. The van der Waals surface area contributed by atoms with Crippen LogP contribution in [-0.2, 0) is 20.9 Å². The van der Waals surface area contributed by atoms with Crippen LogP contribution >= 0.6 is 11.8 Å². The van der Waals surface area contributed by atoms with Gasteiger partial charge in [-0.25, -0.2) is 4.68 Å². The summed E-state index contributed by atoms with van der Waals surface area (Å²) in [5, 5.41) is 19.3. The van der Waals surface area contributed by atoms with Gasteiger partial charge in [0.05, 0.1) is 12.4 Å². The number of ether oxygens (including phenoxy) is 1. The largest absolute Gasteiger partial charge is 0.481 e. The zero-order chi connectivity index (χ0) is 12.0. The van der Waals surface area contributed by atoms with E-state index in [1.165, 1.54) is 4.68 Å². The van der Waals surface area contributed by atoms with E-state index in [-0.39, 0.29) is 24.1 Å². The third-order valence-corrected chi connectivity index (χ3v) is 2.35. The van der Waals surface area contributed by atoms with Gasteiger partial charge >= 0.3 is 11.9 Å². The molecule has 0 amide bonds. The van der Waals surface area contributed by atoms with Gasteiger partial charge in [0.1, 0.15) is 6.54 Å². The molecule has 0 saturated heterocycles. The van der Waals surface area contributed by atoms with Gasteiger partial charge < -0.3 is 9.84 Å². The smallest absolute Gasteiger partial charge is 0.327 e. The predicted octanol–water partition coefficient (Wildman–Crippen LogP) is -0.587. The molecule has 1 heterocycles. The molecular weight excluding hydrogens is 236 g/mol. The SMILES string of the molecule is CCOC(=O)Cn1nnnc1SCC(=O)O. The van der Waals surface area contributed by atoms with Gasteiger partial charge in [-0.15, -0.1) is 5.10 Å². The Balaban J connectivity index is 2.56. The van der Waals surface area contributed by atoms with Gasteiger partial charge in [-0.05, 0) is 17.4 Å². The standard InChI is InChI=1S/C7H10N4O4S/c1-2-15-6(14)3-11-7(8-9-10-11)16-4-5(12)13/h2-4H2,1H3,(H,12,13). The van der Waals surface area contributed by atoms with Crippen molar-refractivity contribution in [2.24, 2.45) is 0 Å². The molecule has 0 aliphatic rings. The minimum Gasteiger partial charge on any atom is -0.481 e. The molecule has 0 atom stereocenters. The monoisotopic (exact) mass is 246 g/mol. The fraction of sp³-hybridized carbons (Fsp3) is 0.571. The third-order valence-electron chi connectivity index (χ3n) is 1.41. The number of carbonyl (C=O) groups excluding carboxylic acids is 1. The molecule has 1 N–H and O–H groups in total. The van der Waals surface area contributed by atoms with Crippen LogP contribution in [0.15, 0.2) is 5.16 Å². The van der Waals surface area contributed by atoms with Crippen LogP contribution in [0.5, 0.6) is 0 Å². The predicted molar refractivity (Wildman–Crippen MR) is 52.8 cm³/mol. The Morgan fingerprint density at radius 1 is 1.56 bits per heavy atom. The van der Waals surface area contributed by atoms with Gasteiger partial charge in [0.25, 0.3) is 0 Å². The van der Waals surface area contributed by atoms with Gasteiger partial charge in [-0.3, -0.25) is 9.59 Å². The van der Waals surface area contributed by atoms with Gasteiger partial charge in [0.2, 0.25) is 5.16 Å². The van der Waals surface area contributed by atoms with Crippen molar-refractivity contribution in [3.8, 4) is 0 Å². The average Bonchev–Trinajstić information content (AvgIpc) is 2.62. The van der Waals surface area contributed by atoms with Crippen molar-refractivity contribution in [1.82, 2.24) is 20.2 Å². The average molecular weight is 246 g/mol. The number of tetrazole rings is 1. The zero-order valence-electron chi connectivity index (χ0n) is 8.49. The molecule has 1 rings (SSSR count). The van der Waals surface area contributed by atoms with E-state index in [0.717, 1.165) is 11.8 Å². The first-order chi connectivity index (χ1) is 7.63. The van der Waals surface area contributed by atoms with Crippen LogP contribution in [0.3, 0.4) is 0 Å². The van der Waals surface area contributed by atoms with Crippen LogP contribution in [-0.4, -0.2) is 49.6 Å². The highest BCUT2D eigenvalue weighted by molar-refractivity contribution is 7.99. The van der Waals surface area contributed by atoms with Crippen molar-refractivity contribution >= 4 is 23.7 Å². The summed E-state index contributed by atoms with van der Waals surface area (Å²) in [5.74, 6) is -1.61. The molecular formula is C7H10N4O4S. The summed E-state index contributed by atoms with van der Waals surface area (Å²) in [6.07, 6.45) is 0. The number of rotatable bonds is 6. The summed E-state index contributed by atoms with van der Waals surface area (Å²) in [4.78, 5) is 21.5. The summed E-state index contributed by atoms with van der Waals surface area (Å²) in [5.41, 5.74) is 0.